The second kappa shape index (κ2) is 7.53. The van der Waals surface area contributed by atoms with E-state index < -0.39 is 24.5 Å². The van der Waals surface area contributed by atoms with Gasteiger partial charge in [-0.25, -0.2) is 9.69 Å². The smallest absolute Gasteiger partial charge is 0.332 e. The lowest BCUT2D eigenvalue weighted by molar-refractivity contribution is -0.140. The largest absolute Gasteiger partial charge is 0.496 e. The zero-order valence-corrected chi connectivity index (χ0v) is 15.4. The molecule has 2 amide bonds. The molecular formula is C19H14BrNO5. The predicted octanol–water partition coefficient (Wildman–Crippen LogP) is 3.27. The quantitative estimate of drug-likeness (QED) is 0.425. The van der Waals surface area contributed by atoms with Gasteiger partial charge in [0, 0.05) is 16.1 Å². The number of fused-ring (bicyclic) bond motifs is 1. The van der Waals surface area contributed by atoms with Gasteiger partial charge in [0.2, 0.25) is 0 Å². The summed E-state index contributed by atoms with van der Waals surface area (Å²) < 4.78 is 11.1. The number of benzene rings is 2. The molecule has 7 heteroatoms. The van der Waals surface area contributed by atoms with Crippen molar-refractivity contribution < 1.29 is 23.9 Å². The van der Waals surface area contributed by atoms with Crippen LogP contribution in [0, 0.1) is 0 Å². The van der Waals surface area contributed by atoms with Crippen molar-refractivity contribution in [2.45, 2.75) is 0 Å². The molecule has 1 aliphatic rings. The molecule has 1 aliphatic heterocycles. The average Bonchev–Trinajstić information content (AvgIpc) is 2.89. The van der Waals surface area contributed by atoms with Crippen LogP contribution in [0.25, 0.3) is 6.08 Å². The third-order valence-corrected chi connectivity index (χ3v) is 4.30. The molecular weight excluding hydrogens is 402 g/mol. The standard InChI is InChI=1S/C19H14BrNO5/c1-25-16-8-7-13(20)10-12(16)6-9-17(22)26-11-21-18(23)14-4-2-3-5-15(14)19(21)24/h2-10H,11H2,1H3/b9-6+. The Hall–Kier alpha value is -2.93. The van der Waals surface area contributed by atoms with E-state index in [2.05, 4.69) is 15.9 Å². The number of carbonyl (C=O) groups excluding carboxylic acids is 3. The van der Waals surface area contributed by atoms with Crippen molar-refractivity contribution in [3.05, 3.63) is 69.7 Å². The Labute approximate surface area is 158 Å². The van der Waals surface area contributed by atoms with Crippen LogP contribution < -0.4 is 4.74 Å². The summed E-state index contributed by atoms with van der Waals surface area (Å²) in [4.78, 5) is 37.2. The van der Waals surface area contributed by atoms with E-state index in [4.69, 9.17) is 9.47 Å². The highest BCUT2D eigenvalue weighted by molar-refractivity contribution is 9.10. The van der Waals surface area contributed by atoms with Crippen molar-refractivity contribution in [3.63, 3.8) is 0 Å². The van der Waals surface area contributed by atoms with E-state index in [0.717, 1.165) is 9.37 Å². The van der Waals surface area contributed by atoms with Crippen molar-refractivity contribution in [1.82, 2.24) is 4.90 Å². The van der Waals surface area contributed by atoms with Crippen LogP contribution in [0.15, 0.2) is 53.0 Å². The van der Waals surface area contributed by atoms with Gasteiger partial charge in [-0.2, -0.15) is 0 Å². The lowest BCUT2D eigenvalue weighted by Crippen LogP contribution is -2.32. The molecule has 0 spiro atoms. The normalized spacial score (nSPS) is 13.2. The average molecular weight is 416 g/mol. The highest BCUT2D eigenvalue weighted by Crippen LogP contribution is 2.24. The van der Waals surface area contributed by atoms with Gasteiger partial charge in [-0.15, -0.1) is 0 Å². The van der Waals surface area contributed by atoms with E-state index in [1.807, 2.05) is 6.07 Å². The number of nitrogens with zero attached hydrogens (tertiary/aromatic N) is 1. The fraction of sp³-hybridized carbons (Fsp3) is 0.105. The number of hydrogen-bond acceptors (Lipinski definition) is 5. The molecule has 26 heavy (non-hydrogen) atoms. The molecule has 0 fully saturated rings. The van der Waals surface area contributed by atoms with E-state index in [0.29, 0.717) is 22.4 Å². The second-order valence-electron chi connectivity index (χ2n) is 5.40. The first kappa shape index (κ1) is 17.9. The zero-order valence-electron chi connectivity index (χ0n) is 13.8. The molecule has 0 atom stereocenters. The molecule has 6 nitrogen and oxygen atoms in total. The van der Waals surface area contributed by atoms with E-state index >= 15 is 0 Å². The molecule has 0 saturated heterocycles. The van der Waals surface area contributed by atoms with Gasteiger partial charge < -0.3 is 9.47 Å². The first-order valence-electron chi connectivity index (χ1n) is 7.65. The minimum absolute atomic E-state index is 0.308. The van der Waals surface area contributed by atoms with Gasteiger partial charge in [0.25, 0.3) is 11.8 Å². The Bertz CT molecular complexity index is 887. The van der Waals surface area contributed by atoms with Crippen LogP contribution >= 0.6 is 15.9 Å². The van der Waals surface area contributed by atoms with Crippen LogP contribution in [0.5, 0.6) is 5.75 Å². The first-order chi connectivity index (χ1) is 12.5. The van der Waals surface area contributed by atoms with Crippen LogP contribution in [-0.2, 0) is 9.53 Å². The number of rotatable bonds is 5. The number of imide groups is 1. The molecule has 0 bridgehead atoms. The molecule has 3 rings (SSSR count). The predicted molar refractivity (Wildman–Crippen MR) is 97.6 cm³/mol. The van der Waals surface area contributed by atoms with Crippen LogP contribution in [-0.4, -0.2) is 36.5 Å². The summed E-state index contributed by atoms with van der Waals surface area (Å²) in [6.45, 7) is -0.439. The van der Waals surface area contributed by atoms with E-state index in [1.54, 1.807) is 36.4 Å². The highest BCUT2D eigenvalue weighted by Gasteiger charge is 2.35. The molecule has 0 radical (unpaired) electrons. The van der Waals surface area contributed by atoms with Gasteiger partial charge in [0.1, 0.15) is 5.75 Å². The molecule has 2 aromatic carbocycles. The van der Waals surface area contributed by atoms with Crippen molar-refractivity contribution in [1.29, 1.82) is 0 Å². The van der Waals surface area contributed by atoms with Gasteiger partial charge in [-0.1, -0.05) is 28.1 Å². The molecule has 132 valence electrons. The van der Waals surface area contributed by atoms with Crippen LogP contribution in [0.3, 0.4) is 0 Å². The maximum Gasteiger partial charge on any atom is 0.332 e. The Balaban J connectivity index is 1.64. The van der Waals surface area contributed by atoms with Crippen LogP contribution in [0.4, 0.5) is 0 Å². The molecule has 2 aromatic rings. The summed E-state index contributed by atoms with van der Waals surface area (Å²) in [5.41, 5.74) is 1.30. The lowest BCUT2D eigenvalue weighted by atomic mass is 10.1. The third-order valence-electron chi connectivity index (χ3n) is 3.80. The van der Waals surface area contributed by atoms with Crippen molar-refractivity contribution in [3.8, 4) is 5.75 Å². The van der Waals surface area contributed by atoms with Gasteiger partial charge in [-0.3, -0.25) is 9.59 Å². The van der Waals surface area contributed by atoms with Gasteiger partial charge in [-0.05, 0) is 36.4 Å². The Morgan fingerprint density at radius 1 is 1.12 bits per heavy atom. The third kappa shape index (κ3) is 3.52. The minimum atomic E-state index is -0.677. The lowest BCUT2D eigenvalue weighted by Gasteiger charge is -2.12. The van der Waals surface area contributed by atoms with E-state index in [-0.39, 0.29) is 0 Å². The Morgan fingerprint density at radius 2 is 1.77 bits per heavy atom. The summed E-state index contributed by atoms with van der Waals surface area (Å²) in [5.74, 6) is -1.03. The maximum absolute atomic E-state index is 12.2. The number of methoxy groups -OCH3 is 1. The van der Waals surface area contributed by atoms with Crippen LogP contribution in [0.1, 0.15) is 26.3 Å². The molecule has 0 saturated carbocycles. The molecule has 0 N–H and O–H groups in total. The summed E-state index contributed by atoms with van der Waals surface area (Å²) >= 11 is 3.35. The molecule has 1 heterocycles. The number of esters is 1. The number of carbonyl (C=O) groups is 3. The number of halogens is 1. The minimum Gasteiger partial charge on any atom is -0.496 e. The van der Waals surface area contributed by atoms with E-state index in [9.17, 15) is 14.4 Å². The highest BCUT2D eigenvalue weighted by atomic mass is 79.9. The van der Waals surface area contributed by atoms with Crippen LogP contribution in [0.2, 0.25) is 0 Å². The van der Waals surface area contributed by atoms with E-state index in [1.165, 1.54) is 19.3 Å². The topological polar surface area (TPSA) is 72.9 Å². The summed E-state index contributed by atoms with van der Waals surface area (Å²) in [7, 11) is 1.53. The van der Waals surface area contributed by atoms with Crippen molar-refractivity contribution in [2.24, 2.45) is 0 Å². The Morgan fingerprint density at radius 3 is 2.38 bits per heavy atom. The van der Waals surface area contributed by atoms with Gasteiger partial charge in [0.15, 0.2) is 6.73 Å². The Kier molecular flexibility index (Phi) is 5.18. The number of ether oxygens (including phenoxy) is 2. The molecule has 0 aliphatic carbocycles. The summed E-state index contributed by atoms with van der Waals surface area (Å²) in [6.07, 6.45) is 2.75. The molecule has 0 unspecified atom stereocenters. The monoisotopic (exact) mass is 415 g/mol. The second-order valence-corrected chi connectivity index (χ2v) is 6.31. The molecule has 0 aromatic heterocycles. The summed E-state index contributed by atoms with van der Waals surface area (Å²) in [6, 6.07) is 11.8. The number of amides is 2. The fourth-order valence-electron chi connectivity index (χ4n) is 2.53. The number of hydrogen-bond donors (Lipinski definition) is 0. The van der Waals surface area contributed by atoms with Crippen molar-refractivity contribution >= 4 is 39.8 Å². The SMILES string of the molecule is COc1ccc(Br)cc1/C=C/C(=O)OCN1C(=O)c2ccccc2C1=O. The summed E-state index contributed by atoms with van der Waals surface area (Å²) in [5, 5.41) is 0. The van der Waals surface area contributed by atoms with Gasteiger partial charge in [0.05, 0.1) is 18.2 Å². The maximum atomic E-state index is 12.2. The zero-order chi connectivity index (χ0) is 18.7. The first-order valence-corrected chi connectivity index (χ1v) is 8.44. The van der Waals surface area contributed by atoms with Crippen molar-refractivity contribution in [2.75, 3.05) is 13.8 Å². The fourth-order valence-corrected chi connectivity index (χ4v) is 2.90. The van der Waals surface area contributed by atoms with Gasteiger partial charge >= 0.3 is 5.97 Å².